The molecule has 118 valence electrons. The number of para-hydroxylation sites is 1. The van der Waals surface area contributed by atoms with Crippen LogP contribution >= 0.6 is 0 Å². The number of fused-ring (bicyclic) bond motifs is 1. The predicted molar refractivity (Wildman–Crippen MR) is 92.0 cm³/mol. The SMILES string of the molecule is CCc1ccccc1NC(=O)c1cn(C)c2c(C)c[nH]c(=O)c12. The molecular weight excluding hydrogens is 290 g/mol. The molecule has 0 atom stereocenters. The summed E-state index contributed by atoms with van der Waals surface area (Å²) in [5, 5.41) is 3.35. The number of hydrogen-bond acceptors (Lipinski definition) is 2. The van der Waals surface area contributed by atoms with E-state index in [-0.39, 0.29) is 11.5 Å². The van der Waals surface area contributed by atoms with Crippen molar-refractivity contribution in [3.8, 4) is 0 Å². The molecule has 1 amide bonds. The first-order valence-electron chi connectivity index (χ1n) is 7.59. The van der Waals surface area contributed by atoms with Gasteiger partial charge in [-0.3, -0.25) is 9.59 Å². The van der Waals surface area contributed by atoms with Crippen molar-refractivity contribution in [2.45, 2.75) is 20.3 Å². The van der Waals surface area contributed by atoms with Crippen LogP contribution in [-0.4, -0.2) is 15.5 Å². The summed E-state index contributed by atoms with van der Waals surface area (Å²) < 4.78 is 1.82. The predicted octanol–water partition coefficient (Wildman–Crippen LogP) is 2.99. The van der Waals surface area contributed by atoms with Crippen LogP contribution in [0, 0.1) is 6.92 Å². The minimum Gasteiger partial charge on any atom is -0.349 e. The van der Waals surface area contributed by atoms with Gasteiger partial charge in [-0.15, -0.1) is 0 Å². The van der Waals surface area contributed by atoms with Gasteiger partial charge in [0.25, 0.3) is 11.5 Å². The van der Waals surface area contributed by atoms with Gasteiger partial charge < -0.3 is 14.9 Å². The number of aromatic nitrogens is 2. The number of benzene rings is 1. The van der Waals surface area contributed by atoms with E-state index in [0.717, 1.165) is 28.8 Å². The maximum absolute atomic E-state index is 12.7. The van der Waals surface area contributed by atoms with Crippen molar-refractivity contribution in [2.24, 2.45) is 7.05 Å². The third-order valence-electron chi connectivity index (χ3n) is 4.09. The molecule has 0 radical (unpaired) electrons. The molecule has 3 aromatic rings. The van der Waals surface area contributed by atoms with E-state index in [1.54, 1.807) is 12.4 Å². The van der Waals surface area contributed by atoms with Crippen LogP contribution in [0.4, 0.5) is 5.69 Å². The van der Waals surface area contributed by atoms with Gasteiger partial charge in [-0.25, -0.2) is 0 Å². The number of rotatable bonds is 3. The van der Waals surface area contributed by atoms with Gasteiger partial charge in [-0.2, -0.15) is 0 Å². The summed E-state index contributed by atoms with van der Waals surface area (Å²) in [6, 6.07) is 7.68. The van der Waals surface area contributed by atoms with Crippen molar-refractivity contribution in [1.82, 2.24) is 9.55 Å². The van der Waals surface area contributed by atoms with Crippen molar-refractivity contribution in [3.63, 3.8) is 0 Å². The molecular formula is C18H19N3O2. The average molecular weight is 309 g/mol. The van der Waals surface area contributed by atoms with Crippen molar-refractivity contribution < 1.29 is 4.79 Å². The van der Waals surface area contributed by atoms with E-state index in [0.29, 0.717) is 10.9 Å². The minimum absolute atomic E-state index is 0.250. The topological polar surface area (TPSA) is 66.9 Å². The summed E-state index contributed by atoms with van der Waals surface area (Å²) in [5.74, 6) is -0.271. The number of carbonyl (C=O) groups excluding carboxylic acids is 1. The van der Waals surface area contributed by atoms with Gasteiger partial charge in [0.2, 0.25) is 0 Å². The Bertz CT molecular complexity index is 951. The van der Waals surface area contributed by atoms with E-state index in [9.17, 15) is 9.59 Å². The fraction of sp³-hybridized carbons (Fsp3) is 0.222. The molecule has 0 aliphatic carbocycles. The first-order chi connectivity index (χ1) is 11.0. The Balaban J connectivity index is 2.09. The summed E-state index contributed by atoms with van der Waals surface area (Å²) in [4.78, 5) is 27.6. The first-order valence-corrected chi connectivity index (χ1v) is 7.59. The highest BCUT2D eigenvalue weighted by Gasteiger charge is 2.18. The number of amides is 1. The minimum atomic E-state index is -0.271. The van der Waals surface area contributed by atoms with E-state index in [4.69, 9.17) is 0 Å². The number of anilines is 1. The highest BCUT2D eigenvalue weighted by Crippen LogP contribution is 2.22. The standard InChI is InChI=1S/C18H19N3O2/c1-4-12-7-5-6-8-14(12)20-17(22)13-10-21(3)16-11(2)9-19-18(23)15(13)16/h5-10H,4H2,1-3H3,(H,19,23)(H,20,22). The molecule has 0 spiro atoms. The van der Waals surface area contributed by atoms with Gasteiger partial charge in [-0.1, -0.05) is 25.1 Å². The van der Waals surface area contributed by atoms with Crippen LogP contribution in [0.3, 0.4) is 0 Å². The van der Waals surface area contributed by atoms with Crippen LogP contribution in [-0.2, 0) is 13.5 Å². The molecule has 0 saturated heterocycles. The molecule has 0 unspecified atom stereocenters. The smallest absolute Gasteiger partial charge is 0.258 e. The molecule has 0 bridgehead atoms. The molecule has 1 aromatic carbocycles. The van der Waals surface area contributed by atoms with Crippen molar-refractivity contribution in [1.29, 1.82) is 0 Å². The Labute approximate surface area is 134 Å². The zero-order valence-corrected chi connectivity index (χ0v) is 13.4. The number of nitrogens with one attached hydrogen (secondary N) is 2. The van der Waals surface area contributed by atoms with Crippen molar-refractivity contribution in [3.05, 3.63) is 63.7 Å². The Kier molecular flexibility index (Phi) is 3.78. The molecule has 0 aliphatic rings. The zero-order valence-electron chi connectivity index (χ0n) is 13.4. The lowest BCUT2D eigenvalue weighted by atomic mass is 10.1. The fourth-order valence-electron chi connectivity index (χ4n) is 2.96. The van der Waals surface area contributed by atoms with Gasteiger partial charge in [0.05, 0.1) is 16.5 Å². The van der Waals surface area contributed by atoms with Crippen LogP contribution in [0.5, 0.6) is 0 Å². The molecule has 2 heterocycles. The number of hydrogen-bond donors (Lipinski definition) is 2. The molecule has 0 fully saturated rings. The molecule has 2 aromatic heterocycles. The monoisotopic (exact) mass is 309 g/mol. The Hall–Kier alpha value is -2.82. The maximum Gasteiger partial charge on any atom is 0.258 e. The van der Waals surface area contributed by atoms with E-state index in [1.807, 2.05) is 49.7 Å². The van der Waals surface area contributed by atoms with Gasteiger partial charge in [-0.05, 0) is 30.5 Å². The van der Waals surface area contributed by atoms with Crippen LogP contribution in [0.1, 0.15) is 28.4 Å². The number of nitrogens with zero attached hydrogens (tertiary/aromatic N) is 1. The second-order valence-corrected chi connectivity index (χ2v) is 5.64. The number of aromatic amines is 1. The molecule has 2 N–H and O–H groups in total. The third-order valence-corrected chi connectivity index (χ3v) is 4.09. The Morgan fingerprint density at radius 3 is 2.78 bits per heavy atom. The second-order valence-electron chi connectivity index (χ2n) is 5.64. The summed E-state index contributed by atoms with van der Waals surface area (Å²) >= 11 is 0. The largest absolute Gasteiger partial charge is 0.349 e. The number of aryl methyl sites for hydroxylation is 3. The van der Waals surface area contributed by atoms with Crippen LogP contribution in [0.2, 0.25) is 0 Å². The first kappa shape index (κ1) is 15.1. The molecule has 5 nitrogen and oxygen atoms in total. The lowest BCUT2D eigenvalue weighted by Gasteiger charge is -2.09. The fourth-order valence-corrected chi connectivity index (χ4v) is 2.96. The molecule has 0 saturated carbocycles. The van der Waals surface area contributed by atoms with E-state index >= 15 is 0 Å². The second kappa shape index (κ2) is 5.76. The number of pyridine rings is 1. The van der Waals surface area contributed by atoms with Gasteiger partial charge in [0.15, 0.2) is 0 Å². The van der Waals surface area contributed by atoms with Crippen molar-refractivity contribution in [2.75, 3.05) is 5.32 Å². The summed E-state index contributed by atoms with van der Waals surface area (Å²) in [6.45, 7) is 3.95. The molecule has 23 heavy (non-hydrogen) atoms. The average Bonchev–Trinajstić information content (AvgIpc) is 2.90. The Morgan fingerprint density at radius 2 is 2.04 bits per heavy atom. The van der Waals surface area contributed by atoms with E-state index in [1.165, 1.54) is 0 Å². The van der Waals surface area contributed by atoms with Crippen LogP contribution in [0.15, 0.2) is 41.5 Å². The maximum atomic E-state index is 12.7. The van der Waals surface area contributed by atoms with E-state index < -0.39 is 0 Å². The van der Waals surface area contributed by atoms with Crippen molar-refractivity contribution >= 4 is 22.5 Å². The third kappa shape index (κ3) is 2.54. The summed E-state index contributed by atoms with van der Waals surface area (Å²) in [7, 11) is 1.84. The summed E-state index contributed by atoms with van der Waals surface area (Å²) in [5.41, 5.74) is 3.68. The van der Waals surface area contributed by atoms with E-state index in [2.05, 4.69) is 10.3 Å². The molecule has 3 rings (SSSR count). The van der Waals surface area contributed by atoms with Gasteiger partial charge >= 0.3 is 0 Å². The highest BCUT2D eigenvalue weighted by atomic mass is 16.2. The van der Waals surface area contributed by atoms with Gasteiger partial charge in [0.1, 0.15) is 0 Å². The normalized spacial score (nSPS) is 10.9. The molecule has 5 heteroatoms. The number of carbonyl (C=O) groups is 1. The lowest BCUT2D eigenvalue weighted by Crippen LogP contribution is -2.16. The van der Waals surface area contributed by atoms with Crippen LogP contribution < -0.4 is 10.9 Å². The van der Waals surface area contributed by atoms with Crippen LogP contribution in [0.25, 0.3) is 10.9 Å². The quantitative estimate of drug-likeness (QED) is 0.781. The number of H-pyrrole nitrogens is 1. The highest BCUT2D eigenvalue weighted by molar-refractivity contribution is 6.13. The van der Waals surface area contributed by atoms with Gasteiger partial charge in [0, 0.05) is 25.1 Å². The lowest BCUT2D eigenvalue weighted by molar-refractivity contribution is 0.102. The summed E-state index contributed by atoms with van der Waals surface area (Å²) in [6.07, 6.45) is 4.20. The zero-order chi connectivity index (χ0) is 16.6. The Morgan fingerprint density at radius 1 is 1.30 bits per heavy atom. The molecule has 0 aliphatic heterocycles.